The molecule has 0 fully saturated rings. The second-order valence-electron chi connectivity index (χ2n) is 3.31. The summed E-state index contributed by atoms with van der Waals surface area (Å²) in [6.07, 6.45) is 0. The minimum absolute atomic E-state index is 0.131. The zero-order valence-corrected chi connectivity index (χ0v) is 9.30. The van der Waals surface area contributed by atoms with Gasteiger partial charge in [-0.15, -0.1) is 6.72 Å². The molecule has 0 aliphatic rings. The fourth-order valence-corrected chi connectivity index (χ4v) is 6.17. The van der Waals surface area contributed by atoms with Gasteiger partial charge >= 0.3 is 0 Å². The maximum Gasteiger partial charge on any atom is 0.0973 e. The van der Waals surface area contributed by atoms with Crippen molar-refractivity contribution in [1.29, 1.82) is 0 Å². The average Bonchev–Trinajstić information content (AvgIpc) is 1.85. The molecule has 2 N–H and O–H groups in total. The fourth-order valence-electron chi connectivity index (χ4n) is 0.798. The SMILES string of the molecule is C[Si](C)(C)/P(=C\CO)=C/CO. The summed E-state index contributed by atoms with van der Waals surface area (Å²) in [5, 5.41) is 17.4. The monoisotopic (exact) mass is 192 g/mol. The first-order valence-electron chi connectivity index (χ1n) is 3.69. The van der Waals surface area contributed by atoms with E-state index in [0.29, 0.717) is 0 Å². The molecule has 1 atom stereocenters. The predicted molar refractivity (Wildman–Crippen MR) is 56.6 cm³/mol. The first-order valence-corrected chi connectivity index (χ1v) is 9.51. The molecule has 4 heteroatoms. The van der Waals surface area contributed by atoms with Crippen molar-refractivity contribution in [2.24, 2.45) is 0 Å². The molecule has 0 saturated carbocycles. The van der Waals surface area contributed by atoms with Crippen molar-refractivity contribution < 1.29 is 10.2 Å². The Hall–Kier alpha value is 0.177. The highest BCUT2D eigenvalue weighted by Gasteiger charge is 2.11. The summed E-state index contributed by atoms with van der Waals surface area (Å²) in [6.45, 7) is 6.69. The number of hydrogen-bond acceptors (Lipinski definition) is 2. The molecule has 0 saturated heterocycles. The molecule has 1 unspecified atom stereocenters. The molecule has 66 valence electrons. The van der Waals surface area contributed by atoms with E-state index in [0.717, 1.165) is 0 Å². The Morgan fingerprint density at radius 3 is 1.64 bits per heavy atom. The lowest BCUT2D eigenvalue weighted by Crippen LogP contribution is -2.13. The van der Waals surface area contributed by atoms with E-state index in [2.05, 4.69) is 19.6 Å². The molecule has 0 aromatic carbocycles. The number of hydrogen-bond donors (Lipinski definition) is 2. The summed E-state index contributed by atoms with van der Waals surface area (Å²) in [5.74, 6) is 3.86. The molecule has 11 heavy (non-hydrogen) atoms. The summed E-state index contributed by atoms with van der Waals surface area (Å²) in [7, 11) is -1.19. The van der Waals surface area contributed by atoms with E-state index < -0.39 is 7.74 Å². The minimum atomic E-state index is -1.19. The Morgan fingerprint density at radius 2 is 1.45 bits per heavy atom. The Bertz CT molecular complexity index is 175. The molecule has 0 radical (unpaired) electrons. The molecule has 0 amide bonds. The van der Waals surface area contributed by atoms with Gasteiger partial charge in [-0.25, -0.2) is 0 Å². The van der Waals surface area contributed by atoms with Crippen molar-refractivity contribution in [3.8, 4) is 0 Å². The topological polar surface area (TPSA) is 40.5 Å². The first kappa shape index (κ1) is 11.2. The highest BCUT2D eigenvalue weighted by atomic mass is 31.3. The molecule has 0 aromatic rings. The normalized spacial score (nSPS) is 14.1. The van der Waals surface area contributed by atoms with Crippen LogP contribution in [0.4, 0.5) is 0 Å². The highest BCUT2D eigenvalue weighted by Crippen LogP contribution is 2.24. The summed E-state index contributed by atoms with van der Waals surface area (Å²) in [4.78, 5) is 0. The molecule has 0 aliphatic heterocycles. The standard InChI is InChI=1S/C7H17O2PSi/c1-11(2,3)10(6-4-8)7-5-9/h6-9H,4-5H2,1-3H3. The molecular weight excluding hydrogens is 175 g/mol. The third-order valence-electron chi connectivity index (χ3n) is 1.33. The minimum Gasteiger partial charge on any atom is -0.392 e. The lowest BCUT2D eigenvalue weighted by atomic mass is 10.9. The van der Waals surface area contributed by atoms with E-state index in [-0.39, 0.29) is 19.9 Å². The summed E-state index contributed by atoms with van der Waals surface area (Å²) < 4.78 is 0. The Labute approximate surface area is 69.8 Å². The molecular formula is C7H17O2PSi. The van der Waals surface area contributed by atoms with Crippen LogP contribution >= 0.6 is 6.72 Å². The molecule has 2 nitrogen and oxygen atoms in total. The Morgan fingerprint density at radius 1 is 1.09 bits per heavy atom. The van der Waals surface area contributed by atoms with Crippen LogP contribution in [0, 0.1) is 0 Å². The summed E-state index contributed by atoms with van der Waals surface area (Å²) in [6, 6.07) is 0. The lowest BCUT2D eigenvalue weighted by Gasteiger charge is -2.13. The predicted octanol–water partition coefficient (Wildman–Crippen LogP) is 0.892. The van der Waals surface area contributed by atoms with Gasteiger partial charge in [0.1, 0.15) is 0 Å². The summed E-state index contributed by atoms with van der Waals surface area (Å²) in [5.41, 5.74) is 0. The highest BCUT2D eigenvalue weighted by molar-refractivity contribution is 7.92. The molecule has 0 heterocycles. The van der Waals surface area contributed by atoms with Crippen molar-refractivity contribution in [2.75, 3.05) is 13.2 Å². The van der Waals surface area contributed by atoms with Crippen LogP contribution in [0.25, 0.3) is 0 Å². The van der Waals surface area contributed by atoms with Crippen molar-refractivity contribution in [2.45, 2.75) is 19.6 Å². The smallest absolute Gasteiger partial charge is 0.0973 e. The van der Waals surface area contributed by atoms with E-state index in [1.165, 1.54) is 0 Å². The van der Waals surface area contributed by atoms with Gasteiger partial charge in [-0.2, -0.15) is 0 Å². The first-order chi connectivity index (χ1) is 5.02. The maximum atomic E-state index is 8.71. The van der Waals surface area contributed by atoms with Gasteiger partial charge in [0.2, 0.25) is 0 Å². The van der Waals surface area contributed by atoms with Crippen molar-refractivity contribution >= 4 is 26.1 Å². The molecule has 0 rings (SSSR count). The van der Waals surface area contributed by atoms with Crippen LogP contribution in [-0.2, 0) is 0 Å². The quantitative estimate of drug-likeness (QED) is 0.515. The third kappa shape index (κ3) is 4.59. The van der Waals surface area contributed by atoms with Crippen LogP contribution in [0.1, 0.15) is 0 Å². The average molecular weight is 192 g/mol. The second kappa shape index (κ2) is 4.94. The zero-order valence-electron chi connectivity index (χ0n) is 7.41. The zero-order chi connectivity index (χ0) is 8.91. The molecule has 0 bridgehead atoms. The van der Waals surface area contributed by atoms with Crippen molar-refractivity contribution in [3.05, 3.63) is 0 Å². The van der Waals surface area contributed by atoms with E-state index >= 15 is 0 Å². The van der Waals surface area contributed by atoms with Gasteiger partial charge in [0.25, 0.3) is 0 Å². The van der Waals surface area contributed by atoms with E-state index in [9.17, 15) is 0 Å². The lowest BCUT2D eigenvalue weighted by molar-refractivity contribution is 0.363. The van der Waals surface area contributed by atoms with Gasteiger partial charge < -0.3 is 10.2 Å². The van der Waals surface area contributed by atoms with Gasteiger partial charge in [0.05, 0.1) is 21.0 Å². The van der Waals surface area contributed by atoms with Gasteiger partial charge in [-0.3, -0.25) is 0 Å². The van der Waals surface area contributed by atoms with Gasteiger partial charge in [0.15, 0.2) is 0 Å². The van der Waals surface area contributed by atoms with E-state index in [1.54, 1.807) is 0 Å². The number of aliphatic hydroxyl groups excluding tert-OH is 2. The number of rotatable bonds is 3. The Kier molecular flexibility index (Phi) is 5.02. The van der Waals surface area contributed by atoms with Crippen molar-refractivity contribution in [3.63, 3.8) is 0 Å². The molecule has 0 spiro atoms. The van der Waals surface area contributed by atoms with Crippen LogP contribution < -0.4 is 0 Å². The van der Waals surface area contributed by atoms with Gasteiger partial charge in [-0.1, -0.05) is 19.6 Å². The number of aliphatic hydroxyl groups is 2. The second-order valence-corrected chi connectivity index (χ2v) is 14.8. The fraction of sp³-hybridized carbons (Fsp3) is 0.714. The maximum absolute atomic E-state index is 8.71. The van der Waals surface area contributed by atoms with Crippen molar-refractivity contribution in [1.82, 2.24) is 0 Å². The van der Waals surface area contributed by atoms with Crippen LogP contribution in [0.2, 0.25) is 19.6 Å². The molecule has 0 aliphatic carbocycles. The molecule has 0 aromatic heterocycles. The van der Waals surface area contributed by atoms with Gasteiger partial charge in [-0.05, 0) is 11.6 Å². The van der Waals surface area contributed by atoms with Crippen LogP contribution in [-0.4, -0.2) is 42.8 Å². The third-order valence-corrected chi connectivity index (χ3v) is 9.74. The Balaban J connectivity index is 4.63. The summed E-state index contributed by atoms with van der Waals surface area (Å²) >= 11 is 0. The van der Waals surface area contributed by atoms with Crippen LogP contribution in [0.5, 0.6) is 0 Å². The van der Waals surface area contributed by atoms with Crippen LogP contribution in [0.15, 0.2) is 0 Å². The van der Waals surface area contributed by atoms with Gasteiger partial charge in [0, 0.05) is 0 Å². The largest absolute Gasteiger partial charge is 0.392 e. The van der Waals surface area contributed by atoms with E-state index in [1.807, 2.05) is 11.6 Å². The van der Waals surface area contributed by atoms with Crippen LogP contribution in [0.3, 0.4) is 0 Å². The van der Waals surface area contributed by atoms with E-state index in [4.69, 9.17) is 10.2 Å².